The Labute approximate surface area is 342 Å². The molecule has 280 valence electrons. The average molecular weight is 760 g/mol. The van der Waals surface area contributed by atoms with E-state index in [0.29, 0.717) is 0 Å². The second-order valence-corrected chi connectivity index (χ2v) is 14.8. The maximum Gasteiger partial charge on any atom is 0.158 e. The second-order valence-electron chi connectivity index (χ2n) is 14.8. The number of ether oxygens (including phenoxy) is 2. The summed E-state index contributed by atoms with van der Waals surface area (Å²) in [4.78, 5) is 0. The number of hydrogen-bond acceptors (Lipinski definition) is 4. The first kappa shape index (κ1) is 34.4. The van der Waals surface area contributed by atoms with Gasteiger partial charge in [-0.25, -0.2) is 0 Å². The molecule has 4 nitrogen and oxygen atoms in total. The number of benzene rings is 9. The van der Waals surface area contributed by atoms with Crippen LogP contribution in [0.2, 0.25) is 0 Å². The summed E-state index contributed by atoms with van der Waals surface area (Å²) in [5, 5.41) is 5.88. The van der Waals surface area contributed by atoms with Crippen LogP contribution < -0.4 is 14.8 Å². The van der Waals surface area contributed by atoms with Crippen LogP contribution in [0.3, 0.4) is 0 Å². The van der Waals surface area contributed by atoms with Gasteiger partial charge in [0.2, 0.25) is 0 Å². The molecular weight excluding hydrogens is 723 g/mol. The Morgan fingerprint density at radius 2 is 0.881 bits per heavy atom. The second kappa shape index (κ2) is 14.3. The van der Waals surface area contributed by atoms with Gasteiger partial charge in [0.15, 0.2) is 5.58 Å². The van der Waals surface area contributed by atoms with Crippen molar-refractivity contribution in [3.63, 3.8) is 0 Å². The zero-order valence-electron chi connectivity index (χ0n) is 32.0. The third kappa shape index (κ3) is 5.76. The minimum atomic E-state index is -0.691. The summed E-state index contributed by atoms with van der Waals surface area (Å²) in [7, 11) is 0. The molecule has 0 amide bonds. The Morgan fingerprint density at radius 1 is 0.390 bits per heavy atom. The van der Waals surface area contributed by atoms with Crippen LogP contribution in [0.25, 0.3) is 44.2 Å². The van der Waals surface area contributed by atoms with E-state index >= 15 is 0 Å². The van der Waals surface area contributed by atoms with E-state index in [1.807, 2.05) is 66.7 Å². The number of furan rings is 1. The number of hydrogen-bond donors (Lipinski definition) is 1. The zero-order valence-corrected chi connectivity index (χ0v) is 32.0. The summed E-state index contributed by atoms with van der Waals surface area (Å²) in [6.07, 6.45) is 0. The van der Waals surface area contributed by atoms with Gasteiger partial charge in [-0.1, -0.05) is 164 Å². The van der Waals surface area contributed by atoms with E-state index in [1.165, 1.54) is 0 Å². The van der Waals surface area contributed by atoms with Gasteiger partial charge < -0.3 is 19.2 Å². The number of anilines is 2. The molecule has 1 heterocycles. The molecule has 1 N–H and O–H groups in total. The minimum absolute atomic E-state index is 0.691. The van der Waals surface area contributed by atoms with Gasteiger partial charge >= 0.3 is 0 Å². The van der Waals surface area contributed by atoms with Crippen molar-refractivity contribution in [3.05, 3.63) is 241 Å². The van der Waals surface area contributed by atoms with E-state index in [2.05, 4.69) is 157 Å². The van der Waals surface area contributed by atoms with Crippen molar-refractivity contribution in [2.24, 2.45) is 0 Å². The molecule has 0 fully saturated rings. The Hall–Kier alpha value is -7.82. The van der Waals surface area contributed by atoms with Crippen molar-refractivity contribution < 1.29 is 13.9 Å². The van der Waals surface area contributed by atoms with E-state index in [9.17, 15) is 0 Å². The molecule has 0 atom stereocenters. The monoisotopic (exact) mass is 759 g/mol. The minimum Gasteiger partial charge on any atom is -0.457 e. The molecule has 0 saturated carbocycles. The number of para-hydroxylation sites is 4. The average Bonchev–Trinajstić information content (AvgIpc) is 3.84. The molecular formula is C55H37NO3. The first-order valence-electron chi connectivity index (χ1n) is 19.9. The Morgan fingerprint density at radius 3 is 1.47 bits per heavy atom. The highest BCUT2D eigenvalue weighted by Gasteiger charge is 2.48. The molecule has 0 unspecified atom stereocenters. The van der Waals surface area contributed by atoms with Crippen molar-refractivity contribution in [3.8, 4) is 45.3 Å². The first-order chi connectivity index (χ1) is 29.3. The summed E-state index contributed by atoms with van der Waals surface area (Å²) in [6.45, 7) is 0. The molecule has 59 heavy (non-hydrogen) atoms. The smallest absolute Gasteiger partial charge is 0.158 e. The van der Waals surface area contributed by atoms with Gasteiger partial charge in [0.25, 0.3) is 0 Å². The summed E-state index contributed by atoms with van der Waals surface area (Å²) in [5.41, 5.74) is 11.6. The molecule has 0 saturated heterocycles. The zero-order chi connectivity index (χ0) is 39.2. The third-order valence-electron chi connectivity index (χ3n) is 11.5. The quantitative estimate of drug-likeness (QED) is 0.159. The molecule has 0 aliphatic heterocycles. The van der Waals surface area contributed by atoms with Crippen LogP contribution in [0.5, 0.6) is 23.0 Å². The highest BCUT2D eigenvalue weighted by Crippen LogP contribution is 2.61. The summed E-state index contributed by atoms with van der Waals surface area (Å²) in [5.74, 6) is 3.08. The van der Waals surface area contributed by atoms with Crippen LogP contribution in [-0.2, 0) is 5.41 Å². The molecule has 11 rings (SSSR count). The van der Waals surface area contributed by atoms with E-state index in [-0.39, 0.29) is 0 Å². The lowest BCUT2D eigenvalue weighted by Crippen LogP contribution is -2.28. The summed E-state index contributed by atoms with van der Waals surface area (Å²) in [6, 6.07) is 75.5. The predicted molar refractivity (Wildman–Crippen MR) is 239 cm³/mol. The van der Waals surface area contributed by atoms with Crippen LogP contribution in [0, 0.1) is 0 Å². The SMILES string of the molecule is c1ccc(Oc2cccc3c2-c2c(Oc4ccccc4)cccc2C3(c2ccccc2)c2ccc(Nc3cccc4c3oc3c(-c5ccccc5)cccc34)cc2)cc1. The highest BCUT2D eigenvalue weighted by atomic mass is 16.5. The van der Waals surface area contributed by atoms with Gasteiger partial charge in [0.05, 0.1) is 11.1 Å². The molecule has 1 aromatic heterocycles. The van der Waals surface area contributed by atoms with Crippen molar-refractivity contribution in [1.29, 1.82) is 0 Å². The van der Waals surface area contributed by atoms with Crippen molar-refractivity contribution in [1.82, 2.24) is 0 Å². The lowest BCUT2D eigenvalue weighted by molar-refractivity contribution is 0.477. The molecule has 1 aliphatic carbocycles. The maximum absolute atomic E-state index is 6.75. The molecule has 0 spiro atoms. The largest absolute Gasteiger partial charge is 0.457 e. The Balaban J connectivity index is 1.06. The first-order valence-corrected chi connectivity index (χ1v) is 19.9. The lowest BCUT2D eigenvalue weighted by atomic mass is 9.67. The third-order valence-corrected chi connectivity index (χ3v) is 11.5. The van der Waals surface area contributed by atoms with Crippen LogP contribution in [0.4, 0.5) is 11.4 Å². The van der Waals surface area contributed by atoms with Gasteiger partial charge in [-0.3, -0.25) is 0 Å². The number of nitrogens with one attached hydrogen (secondary N) is 1. The maximum atomic E-state index is 6.75. The lowest BCUT2D eigenvalue weighted by Gasteiger charge is -2.34. The molecule has 4 heteroatoms. The molecule has 9 aromatic carbocycles. The van der Waals surface area contributed by atoms with Crippen LogP contribution in [0.1, 0.15) is 22.3 Å². The van der Waals surface area contributed by atoms with E-state index < -0.39 is 5.41 Å². The highest BCUT2D eigenvalue weighted by molar-refractivity contribution is 6.12. The van der Waals surface area contributed by atoms with Crippen LogP contribution in [-0.4, -0.2) is 0 Å². The summed E-state index contributed by atoms with van der Waals surface area (Å²) >= 11 is 0. The molecule has 10 aromatic rings. The van der Waals surface area contributed by atoms with Gasteiger partial charge in [-0.15, -0.1) is 0 Å². The van der Waals surface area contributed by atoms with Crippen LogP contribution in [0.15, 0.2) is 223 Å². The van der Waals surface area contributed by atoms with Crippen molar-refractivity contribution in [2.45, 2.75) is 5.41 Å². The van der Waals surface area contributed by atoms with E-state index in [4.69, 9.17) is 13.9 Å². The van der Waals surface area contributed by atoms with E-state index in [1.54, 1.807) is 0 Å². The van der Waals surface area contributed by atoms with Crippen molar-refractivity contribution >= 4 is 33.3 Å². The van der Waals surface area contributed by atoms with Gasteiger partial charge in [-0.2, -0.15) is 0 Å². The standard InChI is InChI=1S/C55H37NO3/c1-5-17-37(18-6-1)43-25-13-26-44-45-27-14-30-48(54(45)59-53(43)44)56-40-35-33-39(34-36-40)55(38-19-7-2-8-20-38)46-28-15-31-49(57-41-21-9-3-10-22-41)51(46)52-47(55)29-16-32-50(52)58-42-23-11-4-12-24-42/h1-36,56H. The van der Waals surface area contributed by atoms with Crippen LogP contribution >= 0.6 is 0 Å². The summed E-state index contributed by atoms with van der Waals surface area (Å²) < 4.78 is 20.2. The fourth-order valence-electron chi connectivity index (χ4n) is 8.95. The fraction of sp³-hybridized carbons (Fsp3) is 0.0182. The topological polar surface area (TPSA) is 43.6 Å². The Bertz CT molecular complexity index is 3010. The molecule has 0 bridgehead atoms. The molecule has 0 radical (unpaired) electrons. The van der Waals surface area contributed by atoms with Gasteiger partial charge in [-0.05, 0) is 82.4 Å². The fourth-order valence-corrected chi connectivity index (χ4v) is 8.95. The van der Waals surface area contributed by atoms with Gasteiger partial charge in [0, 0.05) is 33.2 Å². The van der Waals surface area contributed by atoms with E-state index in [0.717, 1.165) is 101 Å². The van der Waals surface area contributed by atoms with Crippen molar-refractivity contribution in [2.75, 3.05) is 5.32 Å². The number of rotatable bonds is 9. The van der Waals surface area contributed by atoms with Gasteiger partial charge in [0.1, 0.15) is 28.6 Å². The molecule has 1 aliphatic rings. The Kier molecular flexibility index (Phi) is 8.34. The number of fused-ring (bicyclic) bond motifs is 6. The normalized spacial score (nSPS) is 12.5. The predicted octanol–water partition coefficient (Wildman–Crippen LogP) is 14.9.